The molecule has 0 aromatic carbocycles. The van der Waals surface area contributed by atoms with Crippen molar-refractivity contribution >= 4 is 11.8 Å². The number of carbonyl (C=O) groups is 2. The molecule has 2 saturated carbocycles. The highest BCUT2D eigenvalue weighted by Gasteiger charge is 2.45. The monoisotopic (exact) mass is 346 g/mol. The number of nitrogens with one attached hydrogen (secondary N) is 2. The molecule has 0 aromatic heterocycles. The standard InChI is InChI=1S/C21H34N2O2/c1-3-15-21(16-4-2,19(24)22-17-11-7-5-8-12-17)20(25)23-18-13-9-6-10-14-18/h3-4,17-18H,1-2,5-16H2,(H,22,24)(H,23,25). The van der Waals surface area contributed by atoms with Crippen LogP contribution in [0.15, 0.2) is 25.3 Å². The summed E-state index contributed by atoms with van der Waals surface area (Å²) in [6.45, 7) is 7.58. The lowest BCUT2D eigenvalue weighted by molar-refractivity contribution is -0.144. The Kier molecular flexibility index (Phi) is 7.73. The van der Waals surface area contributed by atoms with Crippen molar-refractivity contribution in [2.45, 2.75) is 89.1 Å². The maximum Gasteiger partial charge on any atom is 0.236 e. The van der Waals surface area contributed by atoms with Gasteiger partial charge in [0.1, 0.15) is 5.41 Å². The maximum atomic E-state index is 13.1. The molecule has 2 aliphatic rings. The van der Waals surface area contributed by atoms with E-state index in [-0.39, 0.29) is 23.9 Å². The molecule has 0 heterocycles. The predicted molar refractivity (Wildman–Crippen MR) is 102 cm³/mol. The maximum absolute atomic E-state index is 13.1. The second-order valence-electron chi connectivity index (χ2n) is 7.68. The highest BCUT2D eigenvalue weighted by atomic mass is 16.2. The molecule has 0 spiro atoms. The number of hydrogen-bond donors (Lipinski definition) is 2. The zero-order valence-corrected chi connectivity index (χ0v) is 15.5. The molecule has 0 aliphatic heterocycles. The Bertz CT molecular complexity index is 430. The van der Waals surface area contributed by atoms with Gasteiger partial charge in [-0.05, 0) is 38.5 Å². The molecule has 4 nitrogen and oxygen atoms in total. The topological polar surface area (TPSA) is 58.2 Å². The molecule has 4 heteroatoms. The van der Waals surface area contributed by atoms with Gasteiger partial charge in [0.2, 0.25) is 11.8 Å². The smallest absolute Gasteiger partial charge is 0.236 e. The van der Waals surface area contributed by atoms with Crippen molar-refractivity contribution < 1.29 is 9.59 Å². The summed E-state index contributed by atoms with van der Waals surface area (Å²) in [6, 6.07) is 0.385. The molecule has 0 atom stereocenters. The number of allylic oxidation sites excluding steroid dienone is 2. The predicted octanol–water partition coefficient (Wildman–Crippen LogP) is 4.02. The lowest BCUT2D eigenvalue weighted by Crippen LogP contribution is -2.55. The largest absolute Gasteiger partial charge is 0.352 e. The number of hydrogen-bond acceptors (Lipinski definition) is 2. The average Bonchev–Trinajstić information content (AvgIpc) is 2.63. The van der Waals surface area contributed by atoms with Gasteiger partial charge in [-0.15, -0.1) is 13.2 Å². The van der Waals surface area contributed by atoms with Crippen molar-refractivity contribution in [3.8, 4) is 0 Å². The van der Waals surface area contributed by atoms with E-state index in [1.165, 1.54) is 12.8 Å². The van der Waals surface area contributed by atoms with E-state index >= 15 is 0 Å². The first-order valence-electron chi connectivity index (χ1n) is 9.96. The Balaban J connectivity index is 2.12. The highest BCUT2D eigenvalue weighted by Crippen LogP contribution is 2.31. The summed E-state index contributed by atoms with van der Waals surface area (Å²) in [6.07, 6.45) is 15.2. The lowest BCUT2D eigenvalue weighted by Gasteiger charge is -2.34. The third kappa shape index (κ3) is 5.20. The summed E-state index contributed by atoms with van der Waals surface area (Å²) in [4.78, 5) is 26.3. The van der Waals surface area contributed by atoms with Crippen molar-refractivity contribution in [2.24, 2.45) is 5.41 Å². The van der Waals surface area contributed by atoms with Crippen LogP contribution < -0.4 is 10.6 Å². The van der Waals surface area contributed by atoms with E-state index in [4.69, 9.17) is 0 Å². The van der Waals surface area contributed by atoms with Gasteiger partial charge in [0.05, 0.1) is 0 Å². The Hall–Kier alpha value is -1.58. The van der Waals surface area contributed by atoms with Crippen LogP contribution in [0.4, 0.5) is 0 Å². The van der Waals surface area contributed by atoms with Crippen LogP contribution in [0.25, 0.3) is 0 Å². The molecule has 0 bridgehead atoms. The van der Waals surface area contributed by atoms with E-state index in [1.807, 2.05) is 0 Å². The zero-order chi connectivity index (χ0) is 18.1. The van der Waals surface area contributed by atoms with Crippen LogP contribution in [-0.2, 0) is 9.59 Å². The second kappa shape index (κ2) is 9.79. The molecule has 140 valence electrons. The SMILES string of the molecule is C=CCC(CC=C)(C(=O)NC1CCCCC1)C(=O)NC1CCCCC1. The fourth-order valence-corrected chi connectivity index (χ4v) is 4.19. The summed E-state index contributed by atoms with van der Waals surface area (Å²) in [5.41, 5.74) is -1.11. The van der Waals surface area contributed by atoms with E-state index in [0.717, 1.165) is 51.4 Å². The van der Waals surface area contributed by atoms with Crippen molar-refractivity contribution in [2.75, 3.05) is 0 Å². The highest BCUT2D eigenvalue weighted by molar-refractivity contribution is 6.05. The van der Waals surface area contributed by atoms with Gasteiger partial charge in [-0.2, -0.15) is 0 Å². The minimum Gasteiger partial charge on any atom is -0.352 e. The van der Waals surface area contributed by atoms with Crippen LogP contribution in [0.1, 0.15) is 77.0 Å². The van der Waals surface area contributed by atoms with Crippen molar-refractivity contribution in [3.63, 3.8) is 0 Å². The molecule has 0 saturated heterocycles. The Labute approximate surface area is 152 Å². The molecule has 2 fully saturated rings. The Morgan fingerprint density at radius 3 is 1.44 bits per heavy atom. The first kappa shape index (κ1) is 19.7. The molecule has 2 amide bonds. The van der Waals surface area contributed by atoms with Crippen molar-refractivity contribution in [3.05, 3.63) is 25.3 Å². The molecule has 25 heavy (non-hydrogen) atoms. The van der Waals surface area contributed by atoms with Crippen LogP contribution >= 0.6 is 0 Å². The fraction of sp³-hybridized carbons (Fsp3) is 0.714. The van der Waals surface area contributed by atoms with E-state index < -0.39 is 5.41 Å². The number of amides is 2. The summed E-state index contributed by atoms with van der Waals surface area (Å²) < 4.78 is 0. The van der Waals surface area contributed by atoms with Crippen LogP contribution in [0.3, 0.4) is 0 Å². The van der Waals surface area contributed by atoms with Gasteiger partial charge in [-0.3, -0.25) is 9.59 Å². The quantitative estimate of drug-likeness (QED) is 0.515. The van der Waals surface area contributed by atoms with Gasteiger partial charge in [0, 0.05) is 12.1 Å². The van der Waals surface area contributed by atoms with Crippen LogP contribution in [0.5, 0.6) is 0 Å². The third-order valence-electron chi connectivity index (χ3n) is 5.74. The van der Waals surface area contributed by atoms with E-state index in [2.05, 4.69) is 23.8 Å². The van der Waals surface area contributed by atoms with Crippen molar-refractivity contribution in [1.29, 1.82) is 0 Å². The summed E-state index contributed by atoms with van der Waals surface area (Å²) in [5.74, 6) is -0.319. The van der Waals surface area contributed by atoms with Crippen LogP contribution in [-0.4, -0.2) is 23.9 Å². The molecule has 2 rings (SSSR count). The fourth-order valence-electron chi connectivity index (χ4n) is 4.19. The molecule has 2 N–H and O–H groups in total. The van der Waals surface area contributed by atoms with E-state index in [9.17, 15) is 9.59 Å². The Morgan fingerprint density at radius 1 is 0.760 bits per heavy atom. The van der Waals surface area contributed by atoms with Crippen LogP contribution in [0.2, 0.25) is 0 Å². The number of rotatable bonds is 8. The minimum absolute atomic E-state index is 0.160. The van der Waals surface area contributed by atoms with E-state index in [1.54, 1.807) is 12.2 Å². The average molecular weight is 347 g/mol. The lowest BCUT2D eigenvalue weighted by atomic mass is 9.77. The Morgan fingerprint density at radius 2 is 1.12 bits per heavy atom. The molecule has 0 aromatic rings. The van der Waals surface area contributed by atoms with E-state index in [0.29, 0.717) is 12.8 Å². The summed E-state index contributed by atoms with van der Waals surface area (Å²) in [7, 11) is 0. The molecule has 0 radical (unpaired) electrons. The molecular formula is C21H34N2O2. The van der Waals surface area contributed by atoms with Gasteiger partial charge in [-0.25, -0.2) is 0 Å². The zero-order valence-electron chi connectivity index (χ0n) is 15.5. The van der Waals surface area contributed by atoms with Gasteiger partial charge in [0.15, 0.2) is 0 Å². The van der Waals surface area contributed by atoms with Crippen LogP contribution in [0, 0.1) is 5.41 Å². The van der Waals surface area contributed by atoms with Crippen molar-refractivity contribution in [1.82, 2.24) is 10.6 Å². The second-order valence-corrected chi connectivity index (χ2v) is 7.68. The van der Waals surface area contributed by atoms with Gasteiger partial charge in [0.25, 0.3) is 0 Å². The molecule has 2 aliphatic carbocycles. The molecular weight excluding hydrogens is 312 g/mol. The summed E-state index contributed by atoms with van der Waals surface area (Å²) in [5, 5.41) is 6.30. The molecule has 0 unspecified atom stereocenters. The van der Waals surface area contributed by atoms with Gasteiger partial charge < -0.3 is 10.6 Å². The minimum atomic E-state index is -1.11. The number of carbonyl (C=O) groups excluding carboxylic acids is 2. The van der Waals surface area contributed by atoms with Gasteiger partial charge >= 0.3 is 0 Å². The third-order valence-corrected chi connectivity index (χ3v) is 5.74. The first-order valence-corrected chi connectivity index (χ1v) is 9.96. The summed E-state index contributed by atoms with van der Waals surface area (Å²) >= 11 is 0. The first-order chi connectivity index (χ1) is 12.1. The van der Waals surface area contributed by atoms with Gasteiger partial charge in [-0.1, -0.05) is 50.7 Å². The normalized spacial score (nSPS) is 19.8.